The molecule has 0 aliphatic rings. The van der Waals surface area contributed by atoms with E-state index in [-0.39, 0.29) is 32.0 Å². The summed E-state index contributed by atoms with van der Waals surface area (Å²) in [5.41, 5.74) is 1.90. The highest BCUT2D eigenvalue weighted by Crippen LogP contribution is 2.06. The Balaban J connectivity index is 0.000000442. The van der Waals surface area contributed by atoms with Crippen LogP contribution in [0.25, 0.3) is 0 Å². The summed E-state index contributed by atoms with van der Waals surface area (Å²) in [5, 5.41) is 23.4. The second-order valence-corrected chi connectivity index (χ2v) is 10.1. The number of rotatable bonds is 20. The molecule has 0 aromatic heterocycles. The lowest BCUT2D eigenvalue weighted by atomic mass is 10.1. The molecule has 11 nitrogen and oxygen atoms in total. The number of Topliss-reactive ketones (excluding diaryl/α,β-unsaturated/α-hetero) is 1. The Bertz CT molecular complexity index is 1050. The zero-order valence-electron chi connectivity index (χ0n) is 25.7. The first-order valence-electron chi connectivity index (χ1n) is 15.1. The quantitative estimate of drug-likeness (QED) is 0.0707. The van der Waals surface area contributed by atoms with Gasteiger partial charge in [0.05, 0.1) is 13.2 Å². The maximum absolute atomic E-state index is 11.5. The van der Waals surface area contributed by atoms with Crippen LogP contribution in [0.3, 0.4) is 0 Å². The molecule has 0 bridgehead atoms. The molecule has 0 spiro atoms. The molecule has 0 heterocycles. The average molecular weight is 617 g/mol. The number of unbranched alkanes of at least 4 members (excludes halogenated alkanes) is 4. The number of amides is 2. The van der Waals surface area contributed by atoms with Gasteiger partial charge in [0.25, 0.3) is 0 Å². The van der Waals surface area contributed by atoms with Gasteiger partial charge in [0.1, 0.15) is 25.4 Å². The number of hydrogen-bond donors (Lipinski definition) is 4. The van der Waals surface area contributed by atoms with Gasteiger partial charge in [0.15, 0.2) is 0 Å². The van der Waals surface area contributed by atoms with E-state index in [1.807, 2.05) is 60.7 Å². The van der Waals surface area contributed by atoms with E-state index in [1.165, 1.54) is 7.11 Å². The van der Waals surface area contributed by atoms with Crippen LogP contribution < -0.4 is 10.6 Å². The highest BCUT2D eigenvalue weighted by Gasteiger charge is 2.09. The summed E-state index contributed by atoms with van der Waals surface area (Å²) in [6.45, 7) is 1.62. The van der Waals surface area contributed by atoms with Crippen LogP contribution >= 0.6 is 0 Å². The Morgan fingerprint density at radius 1 is 0.705 bits per heavy atom. The van der Waals surface area contributed by atoms with Crippen LogP contribution in [-0.2, 0) is 37.0 Å². The molecule has 2 amide bonds. The Kier molecular flexibility index (Phi) is 22.1. The van der Waals surface area contributed by atoms with E-state index < -0.39 is 24.3 Å². The monoisotopic (exact) mass is 616 g/mol. The Morgan fingerprint density at radius 3 is 1.68 bits per heavy atom. The van der Waals surface area contributed by atoms with Gasteiger partial charge in [-0.05, 0) is 43.2 Å². The summed E-state index contributed by atoms with van der Waals surface area (Å²) in [6.07, 6.45) is 4.97. The first-order chi connectivity index (χ1) is 21.3. The van der Waals surface area contributed by atoms with E-state index in [9.17, 15) is 24.3 Å². The van der Waals surface area contributed by atoms with E-state index >= 15 is 0 Å². The zero-order chi connectivity index (χ0) is 32.3. The largest absolute Gasteiger partial charge is 0.469 e. The van der Waals surface area contributed by atoms with Gasteiger partial charge in [-0.25, -0.2) is 9.59 Å². The van der Waals surface area contributed by atoms with Gasteiger partial charge in [0.2, 0.25) is 0 Å². The minimum absolute atomic E-state index is 0.0238. The number of esters is 1. The maximum Gasteiger partial charge on any atom is 0.407 e. The van der Waals surface area contributed by atoms with Crippen LogP contribution in [0.15, 0.2) is 60.7 Å². The molecule has 1 atom stereocenters. The molecule has 2 aromatic carbocycles. The van der Waals surface area contributed by atoms with Gasteiger partial charge in [-0.15, -0.1) is 0 Å². The van der Waals surface area contributed by atoms with Gasteiger partial charge in [-0.2, -0.15) is 0 Å². The summed E-state index contributed by atoms with van der Waals surface area (Å²) in [6, 6.07) is 19.0. The van der Waals surface area contributed by atoms with Crippen molar-refractivity contribution in [2.75, 3.05) is 26.8 Å². The van der Waals surface area contributed by atoms with Crippen molar-refractivity contribution in [2.24, 2.45) is 0 Å². The summed E-state index contributed by atoms with van der Waals surface area (Å²) >= 11 is 0. The summed E-state index contributed by atoms with van der Waals surface area (Å²) < 4.78 is 14.6. The predicted octanol–water partition coefficient (Wildman–Crippen LogP) is 4.82. The van der Waals surface area contributed by atoms with E-state index in [0.29, 0.717) is 38.8 Å². The van der Waals surface area contributed by atoms with Gasteiger partial charge >= 0.3 is 18.2 Å². The highest BCUT2D eigenvalue weighted by molar-refractivity contribution is 5.95. The third-order valence-electron chi connectivity index (χ3n) is 6.34. The van der Waals surface area contributed by atoms with Crippen molar-refractivity contribution in [1.82, 2.24) is 10.6 Å². The number of methoxy groups -OCH3 is 1. The van der Waals surface area contributed by atoms with E-state index in [2.05, 4.69) is 15.4 Å². The van der Waals surface area contributed by atoms with Crippen LogP contribution in [0.2, 0.25) is 0 Å². The molecule has 0 aliphatic carbocycles. The smallest absolute Gasteiger partial charge is 0.407 e. The number of ether oxygens (including phenoxy) is 3. The SMILES string of the molecule is COC(=O)CC(=O)CCCCCNC(=O)OCc1ccccc1.O=C(NCCCCCC(O)CCO)OCc1ccccc1. The standard InChI is InChI=1S/C17H23NO5.C16H25NO4/c1-22-16(20)12-15(19)10-6-3-7-11-18-17(21)23-13-14-8-4-2-5-9-14;18-12-10-15(19)9-5-2-6-11-17-16(20)21-13-14-7-3-1-4-8-14/h2,4-5,8-9H,3,6-7,10-13H2,1H3,(H,18,21);1,3-4,7-8,15,18-19H,2,5-6,9-13H2,(H,17,20). The number of aliphatic hydroxyl groups excluding tert-OH is 2. The second kappa shape index (κ2) is 25.5. The lowest BCUT2D eigenvalue weighted by Gasteiger charge is -2.09. The van der Waals surface area contributed by atoms with Crippen molar-refractivity contribution in [3.05, 3.63) is 71.8 Å². The molecule has 0 aliphatic heterocycles. The fourth-order valence-corrected chi connectivity index (χ4v) is 3.85. The Hall–Kier alpha value is -3.96. The summed E-state index contributed by atoms with van der Waals surface area (Å²) in [7, 11) is 1.26. The number of hydrogen-bond acceptors (Lipinski definition) is 9. The average Bonchev–Trinajstić information content (AvgIpc) is 3.03. The first-order valence-corrected chi connectivity index (χ1v) is 15.1. The number of carbonyl (C=O) groups excluding carboxylic acids is 4. The van der Waals surface area contributed by atoms with Crippen LogP contribution in [0.1, 0.15) is 75.3 Å². The zero-order valence-corrected chi connectivity index (χ0v) is 25.7. The highest BCUT2D eigenvalue weighted by atomic mass is 16.6. The minimum atomic E-state index is -0.502. The molecular formula is C33H48N2O9. The van der Waals surface area contributed by atoms with Crippen molar-refractivity contribution < 1.29 is 43.6 Å². The number of alkyl carbamates (subject to hydrolysis) is 2. The molecule has 1 unspecified atom stereocenters. The van der Waals surface area contributed by atoms with Gasteiger partial charge < -0.3 is 35.1 Å². The summed E-state index contributed by atoms with van der Waals surface area (Å²) in [4.78, 5) is 45.2. The van der Waals surface area contributed by atoms with Crippen LogP contribution in [0.5, 0.6) is 0 Å². The third-order valence-corrected chi connectivity index (χ3v) is 6.34. The van der Waals surface area contributed by atoms with Crippen molar-refractivity contribution >= 4 is 23.9 Å². The van der Waals surface area contributed by atoms with Crippen molar-refractivity contribution in [1.29, 1.82) is 0 Å². The fraction of sp³-hybridized carbons (Fsp3) is 0.515. The molecule has 11 heteroatoms. The third kappa shape index (κ3) is 21.7. The lowest BCUT2D eigenvalue weighted by molar-refractivity contribution is -0.143. The minimum Gasteiger partial charge on any atom is -0.469 e. The second-order valence-electron chi connectivity index (χ2n) is 10.1. The fourth-order valence-electron chi connectivity index (χ4n) is 3.85. The predicted molar refractivity (Wildman–Crippen MR) is 166 cm³/mol. The number of aliphatic hydroxyl groups is 2. The number of ketones is 1. The molecule has 44 heavy (non-hydrogen) atoms. The van der Waals surface area contributed by atoms with E-state index in [4.69, 9.17) is 14.6 Å². The number of nitrogens with one attached hydrogen (secondary N) is 2. The normalized spacial score (nSPS) is 10.9. The Morgan fingerprint density at radius 2 is 1.20 bits per heavy atom. The van der Waals surface area contributed by atoms with E-state index in [1.54, 1.807) is 0 Å². The van der Waals surface area contributed by atoms with E-state index in [0.717, 1.165) is 43.2 Å². The molecule has 244 valence electrons. The van der Waals surface area contributed by atoms with Crippen molar-refractivity contribution in [3.8, 4) is 0 Å². The molecule has 0 saturated carbocycles. The van der Waals surface area contributed by atoms with Gasteiger partial charge in [-0.1, -0.05) is 79.9 Å². The number of carbonyl (C=O) groups is 4. The molecular weight excluding hydrogens is 568 g/mol. The molecule has 0 fully saturated rings. The molecule has 4 N–H and O–H groups in total. The van der Waals surface area contributed by atoms with Crippen molar-refractivity contribution in [3.63, 3.8) is 0 Å². The first kappa shape index (κ1) is 38.1. The van der Waals surface area contributed by atoms with Crippen LogP contribution in [0.4, 0.5) is 9.59 Å². The summed E-state index contributed by atoms with van der Waals surface area (Å²) in [5.74, 6) is -0.620. The topological polar surface area (TPSA) is 160 Å². The number of benzene rings is 2. The lowest BCUT2D eigenvalue weighted by Crippen LogP contribution is -2.25. The molecule has 0 radical (unpaired) electrons. The molecule has 0 saturated heterocycles. The molecule has 2 rings (SSSR count). The van der Waals surface area contributed by atoms with Gasteiger partial charge in [-0.3, -0.25) is 9.59 Å². The molecule has 2 aromatic rings. The van der Waals surface area contributed by atoms with Crippen LogP contribution in [0, 0.1) is 0 Å². The van der Waals surface area contributed by atoms with Crippen molar-refractivity contribution in [2.45, 2.75) is 83.5 Å². The van der Waals surface area contributed by atoms with Gasteiger partial charge in [0, 0.05) is 26.1 Å². The maximum atomic E-state index is 11.5. The Labute approximate surface area is 260 Å². The van der Waals surface area contributed by atoms with Crippen LogP contribution in [-0.4, -0.2) is 67.1 Å².